The molecular formula is C13H6BrF3O. The van der Waals surface area contributed by atoms with E-state index in [4.69, 9.17) is 0 Å². The van der Waals surface area contributed by atoms with Gasteiger partial charge in [0.2, 0.25) is 0 Å². The smallest absolute Gasteiger partial charge is 0.196 e. The van der Waals surface area contributed by atoms with Gasteiger partial charge in [-0.2, -0.15) is 0 Å². The number of benzene rings is 2. The molecule has 0 aliphatic carbocycles. The van der Waals surface area contributed by atoms with Crippen molar-refractivity contribution in [3.63, 3.8) is 0 Å². The molecule has 0 aliphatic heterocycles. The van der Waals surface area contributed by atoms with E-state index < -0.39 is 23.2 Å². The molecule has 0 amide bonds. The summed E-state index contributed by atoms with van der Waals surface area (Å²) in [6.45, 7) is 0. The van der Waals surface area contributed by atoms with Crippen LogP contribution in [0.25, 0.3) is 0 Å². The van der Waals surface area contributed by atoms with Crippen molar-refractivity contribution in [3.05, 3.63) is 69.4 Å². The zero-order chi connectivity index (χ0) is 13.3. The number of rotatable bonds is 2. The maximum absolute atomic E-state index is 13.5. The molecule has 1 nitrogen and oxygen atoms in total. The Kier molecular flexibility index (Phi) is 3.52. The zero-order valence-electron chi connectivity index (χ0n) is 8.88. The molecular weight excluding hydrogens is 309 g/mol. The Hall–Kier alpha value is -1.62. The Bertz CT molecular complexity index is 626. The largest absolute Gasteiger partial charge is 0.288 e. The van der Waals surface area contributed by atoms with Crippen molar-refractivity contribution < 1.29 is 18.0 Å². The van der Waals surface area contributed by atoms with Crippen LogP contribution in [0, 0.1) is 17.5 Å². The van der Waals surface area contributed by atoms with Crippen LogP contribution >= 0.6 is 15.9 Å². The van der Waals surface area contributed by atoms with Crippen LogP contribution in [0.5, 0.6) is 0 Å². The third-order valence-electron chi connectivity index (χ3n) is 2.36. The molecule has 18 heavy (non-hydrogen) atoms. The van der Waals surface area contributed by atoms with Gasteiger partial charge >= 0.3 is 0 Å². The van der Waals surface area contributed by atoms with Crippen molar-refractivity contribution in [1.29, 1.82) is 0 Å². The van der Waals surface area contributed by atoms with Gasteiger partial charge in [-0.05, 0) is 36.4 Å². The quantitative estimate of drug-likeness (QED) is 0.763. The van der Waals surface area contributed by atoms with Gasteiger partial charge in [-0.25, -0.2) is 13.2 Å². The van der Waals surface area contributed by atoms with Crippen LogP contribution in [0.1, 0.15) is 15.9 Å². The second-order valence-electron chi connectivity index (χ2n) is 3.58. The molecule has 0 saturated carbocycles. The molecule has 0 atom stereocenters. The summed E-state index contributed by atoms with van der Waals surface area (Å²) < 4.78 is 39.8. The van der Waals surface area contributed by atoms with Crippen LogP contribution in [0.3, 0.4) is 0 Å². The Morgan fingerprint density at radius 3 is 2.22 bits per heavy atom. The molecule has 92 valence electrons. The topological polar surface area (TPSA) is 17.1 Å². The fraction of sp³-hybridized carbons (Fsp3) is 0. The van der Waals surface area contributed by atoms with E-state index in [2.05, 4.69) is 15.9 Å². The summed E-state index contributed by atoms with van der Waals surface area (Å²) in [7, 11) is 0. The number of hydrogen-bond donors (Lipinski definition) is 0. The molecule has 0 heterocycles. The Morgan fingerprint density at radius 1 is 0.889 bits per heavy atom. The lowest BCUT2D eigenvalue weighted by molar-refractivity contribution is 0.103. The van der Waals surface area contributed by atoms with Crippen molar-refractivity contribution in [3.8, 4) is 0 Å². The highest BCUT2D eigenvalue weighted by molar-refractivity contribution is 9.10. The zero-order valence-corrected chi connectivity index (χ0v) is 10.5. The monoisotopic (exact) mass is 314 g/mol. The van der Waals surface area contributed by atoms with Gasteiger partial charge in [-0.1, -0.05) is 15.9 Å². The summed E-state index contributed by atoms with van der Waals surface area (Å²) in [6, 6.07) is 6.60. The summed E-state index contributed by atoms with van der Waals surface area (Å²) in [4.78, 5) is 11.9. The number of carbonyl (C=O) groups excluding carboxylic acids is 1. The summed E-state index contributed by atoms with van der Waals surface area (Å²) in [5, 5.41) is 0. The predicted molar refractivity (Wildman–Crippen MR) is 63.9 cm³/mol. The molecule has 2 rings (SSSR count). The molecule has 0 bridgehead atoms. The maximum atomic E-state index is 13.5. The van der Waals surface area contributed by atoms with Gasteiger partial charge in [-0.15, -0.1) is 0 Å². The third kappa shape index (κ3) is 2.46. The first-order valence-corrected chi connectivity index (χ1v) is 5.73. The minimum atomic E-state index is -1.14. The van der Waals surface area contributed by atoms with Gasteiger partial charge in [-0.3, -0.25) is 4.79 Å². The van der Waals surface area contributed by atoms with Crippen LogP contribution in [-0.4, -0.2) is 5.78 Å². The van der Waals surface area contributed by atoms with Crippen LogP contribution in [0.2, 0.25) is 0 Å². The van der Waals surface area contributed by atoms with Gasteiger partial charge in [0.25, 0.3) is 0 Å². The molecule has 0 fully saturated rings. The van der Waals surface area contributed by atoms with E-state index in [1.165, 1.54) is 12.1 Å². The molecule has 0 unspecified atom stereocenters. The van der Waals surface area contributed by atoms with Crippen LogP contribution in [0.4, 0.5) is 13.2 Å². The Labute approximate surface area is 109 Å². The van der Waals surface area contributed by atoms with Gasteiger partial charge in [0, 0.05) is 10.0 Å². The van der Waals surface area contributed by atoms with E-state index in [1.54, 1.807) is 0 Å². The lowest BCUT2D eigenvalue weighted by Crippen LogP contribution is -2.05. The summed E-state index contributed by atoms with van der Waals surface area (Å²) in [5.74, 6) is -3.61. The number of halogens is 4. The van der Waals surface area contributed by atoms with Gasteiger partial charge < -0.3 is 0 Å². The van der Waals surface area contributed by atoms with E-state index in [9.17, 15) is 18.0 Å². The number of ketones is 1. The van der Waals surface area contributed by atoms with E-state index in [-0.39, 0.29) is 11.1 Å². The van der Waals surface area contributed by atoms with Gasteiger partial charge in [0.05, 0.1) is 5.56 Å². The maximum Gasteiger partial charge on any atom is 0.196 e. The Balaban J connectivity index is 2.44. The molecule has 0 aromatic heterocycles. The first-order valence-electron chi connectivity index (χ1n) is 4.94. The Morgan fingerprint density at radius 2 is 1.61 bits per heavy atom. The second kappa shape index (κ2) is 4.94. The predicted octanol–water partition coefficient (Wildman–Crippen LogP) is 4.10. The molecule has 0 aliphatic rings. The van der Waals surface area contributed by atoms with Crippen molar-refractivity contribution >= 4 is 21.7 Å². The van der Waals surface area contributed by atoms with E-state index >= 15 is 0 Å². The summed E-state index contributed by atoms with van der Waals surface area (Å²) in [6.07, 6.45) is 0. The molecule has 0 spiro atoms. The lowest BCUT2D eigenvalue weighted by atomic mass is 10.0. The highest BCUT2D eigenvalue weighted by Crippen LogP contribution is 2.19. The minimum Gasteiger partial charge on any atom is -0.288 e. The SMILES string of the molecule is O=C(c1ccc(F)c(F)c1)c1ccc(Br)cc1F. The highest BCUT2D eigenvalue weighted by atomic mass is 79.9. The fourth-order valence-corrected chi connectivity index (χ4v) is 1.80. The number of carbonyl (C=O) groups is 1. The molecule has 0 saturated heterocycles. The molecule has 0 N–H and O–H groups in total. The van der Waals surface area contributed by atoms with Crippen molar-refractivity contribution in [1.82, 2.24) is 0 Å². The number of hydrogen-bond acceptors (Lipinski definition) is 1. The molecule has 2 aromatic carbocycles. The molecule has 5 heteroatoms. The van der Waals surface area contributed by atoms with Crippen molar-refractivity contribution in [2.75, 3.05) is 0 Å². The van der Waals surface area contributed by atoms with E-state index in [0.29, 0.717) is 4.47 Å². The van der Waals surface area contributed by atoms with E-state index in [1.807, 2.05) is 0 Å². The lowest BCUT2D eigenvalue weighted by Gasteiger charge is -2.04. The first-order chi connectivity index (χ1) is 8.49. The van der Waals surface area contributed by atoms with Crippen molar-refractivity contribution in [2.24, 2.45) is 0 Å². The van der Waals surface area contributed by atoms with Gasteiger partial charge in [0.1, 0.15) is 5.82 Å². The van der Waals surface area contributed by atoms with Gasteiger partial charge in [0.15, 0.2) is 17.4 Å². The average Bonchev–Trinajstić information content (AvgIpc) is 2.32. The second-order valence-corrected chi connectivity index (χ2v) is 4.50. The van der Waals surface area contributed by atoms with Crippen LogP contribution in [0.15, 0.2) is 40.9 Å². The van der Waals surface area contributed by atoms with Crippen molar-refractivity contribution in [2.45, 2.75) is 0 Å². The van der Waals surface area contributed by atoms with Crippen LogP contribution < -0.4 is 0 Å². The third-order valence-corrected chi connectivity index (χ3v) is 2.85. The van der Waals surface area contributed by atoms with E-state index in [0.717, 1.165) is 24.3 Å². The molecule has 0 radical (unpaired) electrons. The first kappa shape index (κ1) is 12.8. The molecule has 2 aromatic rings. The highest BCUT2D eigenvalue weighted by Gasteiger charge is 2.15. The average molecular weight is 315 g/mol. The normalized spacial score (nSPS) is 10.4. The standard InChI is InChI=1S/C13H6BrF3O/c14-8-2-3-9(11(16)6-8)13(18)7-1-4-10(15)12(17)5-7/h1-6H. The fourth-order valence-electron chi connectivity index (χ4n) is 1.47. The minimum absolute atomic E-state index is 0.102. The summed E-state index contributed by atoms with van der Waals surface area (Å²) in [5.41, 5.74) is -0.292. The summed E-state index contributed by atoms with van der Waals surface area (Å²) >= 11 is 3.06. The van der Waals surface area contributed by atoms with Crippen LogP contribution in [-0.2, 0) is 0 Å².